The number of aromatic nitrogens is 2. The van der Waals surface area contributed by atoms with Gasteiger partial charge in [-0.15, -0.1) is 0 Å². The van der Waals surface area contributed by atoms with Gasteiger partial charge in [0, 0.05) is 44.5 Å². The minimum atomic E-state index is -0.608. The van der Waals surface area contributed by atoms with Gasteiger partial charge in [-0.3, -0.25) is 9.69 Å². The first-order chi connectivity index (χ1) is 16.4. The molecule has 2 heterocycles. The molecule has 9 nitrogen and oxygen atoms in total. The molecule has 0 unspecified atom stereocenters. The van der Waals surface area contributed by atoms with E-state index in [1.807, 2.05) is 19.1 Å². The van der Waals surface area contributed by atoms with E-state index in [2.05, 4.69) is 44.6 Å². The van der Waals surface area contributed by atoms with Gasteiger partial charge in [-0.05, 0) is 56.8 Å². The Labute approximate surface area is 201 Å². The van der Waals surface area contributed by atoms with E-state index in [1.165, 1.54) is 5.56 Å². The summed E-state index contributed by atoms with van der Waals surface area (Å²) in [6.07, 6.45) is 3.71. The van der Waals surface area contributed by atoms with Crippen molar-refractivity contribution >= 4 is 23.2 Å². The van der Waals surface area contributed by atoms with Gasteiger partial charge < -0.3 is 26.4 Å². The van der Waals surface area contributed by atoms with Crippen LogP contribution in [0.2, 0.25) is 0 Å². The van der Waals surface area contributed by atoms with E-state index in [9.17, 15) is 9.90 Å². The zero-order valence-corrected chi connectivity index (χ0v) is 20.3. The Kier molecular flexibility index (Phi) is 7.97. The third kappa shape index (κ3) is 6.22. The first-order valence-corrected chi connectivity index (χ1v) is 12.3. The summed E-state index contributed by atoms with van der Waals surface area (Å²) >= 11 is 0. The highest BCUT2D eigenvalue weighted by molar-refractivity contribution is 5.96. The maximum atomic E-state index is 12.1. The van der Waals surface area contributed by atoms with Crippen LogP contribution in [-0.2, 0) is 13.0 Å². The molecule has 184 valence electrons. The van der Waals surface area contributed by atoms with Crippen LogP contribution in [0.15, 0.2) is 24.3 Å². The summed E-state index contributed by atoms with van der Waals surface area (Å²) in [6, 6.07) is 8.43. The van der Waals surface area contributed by atoms with Crippen molar-refractivity contribution in [3.8, 4) is 0 Å². The molecular formula is C25H37N7O2. The zero-order chi connectivity index (χ0) is 24.1. The van der Waals surface area contributed by atoms with Crippen molar-refractivity contribution in [2.24, 2.45) is 5.73 Å². The van der Waals surface area contributed by atoms with Crippen LogP contribution in [0.25, 0.3) is 0 Å². The molecule has 1 amide bonds. The summed E-state index contributed by atoms with van der Waals surface area (Å²) in [5, 5.41) is 16.5. The van der Waals surface area contributed by atoms with Crippen LogP contribution in [0, 0.1) is 0 Å². The number of nitrogens with one attached hydrogen (secondary N) is 2. The highest BCUT2D eigenvalue weighted by atomic mass is 16.3. The molecule has 2 aliphatic rings. The number of aliphatic hydroxyl groups excluding tert-OH is 1. The fourth-order valence-electron chi connectivity index (χ4n) is 4.60. The van der Waals surface area contributed by atoms with Gasteiger partial charge in [0.25, 0.3) is 5.91 Å². The van der Waals surface area contributed by atoms with E-state index in [1.54, 1.807) is 0 Å². The number of hydrogen-bond acceptors (Lipinski definition) is 8. The molecule has 0 radical (unpaired) electrons. The fourth-order valence-corrected chi connectivity index (χ4v) is 4.60. The summed E-state index contributed by atoms with van der Waals surface area (Å²) in [4.78, 5) is 26.2. The summed E-state index contributed by atoms with van der Waals surface area (Å²) < 4.78 is 0. The van der Waals surface area contributed by atoms with Gasteiger partial charge in [-0.25, -0.2) is 9.97 Å². The standard InChI is InChI=1S/C25H37N7O2/c1-3-21-24(27-19-8-10-20(33)11-9-19)30-25(22(29-21)23(26)34)28-18-6-4-17(5-7-18)16-32-14-12-31(2)13-15-32/h4-7,19-20,33H,3,8-16H2,1-2H3,(H2,26,34)(H2,27,28,30)/t19-,20-. The number of nitrogens with zero attached hydrogens (tertiary/aromatic N) is 4. The number of primary amides is 1. The minimum Gasteiger partial charge on any atom is -0.393 e. The summed E-state index contributed by atoms with van der Waals surface area (Å²) in [5.41, 5.74) is 8.58. The Morgan fingerprint density at radius 3 is 2.35 bits per heavy atom. The topological polar surface area (TPSA) is 120 Å². The highest BCUT2D eigenvalue weighted by Crippen LogP contribution is 2.26. The molecule has 1 aliphatic carbocycles. The number of piperazine rings is 1. The lowest BCUT2D eigenvalue weighted by molar-refractivity contribution is 0.0996. The van der Waals surface area contributed by atoms with E-state index >= 15 is 0 Å². The van der Waals surface area contributed by atoms with Crippen molar-refractivity contribution < 1.29 is 9.90 Å². The molecule has 0 bridgehead atoms. The summed E-state index contributed by atoms with van der Waals surface area (Å²) in [6.45, 7) is 7.26. The first kappa shape index (κ1) is 24.4. The molecule has 5 N–H and O–H groups in total. The Morgan fingerprint density at radius 2 is 1.74 bits per heavy atom. The number of rotatable bonds is 8. The number of amides is 1. The van der Waals surface area contributed by atoms with Crippen molar-refractivity contribution in [1.29, 1.82) is 0 Å². The number of anilines is 3. The number of carbonyl (C=O) groups excluding carboxylic acids is 1. The second-order valence-corrected chi connectivity index (χ2v) is 9.49. The number of nitrogens with two attached hydrogens (primary N) is 1. The Hall–Kier alpha value is -2.75. The lowest BCUT2D eigenvalue weighted by Crippen LogP contribution is -2.43. The van der Waals surface area contributed by atoms with Crippen LogP contribution in [0.1, 0.15) is 54.4 Å². The normalized spacial score (nSPS) is 21.9. The van der Waals surface area contributed by atoms with Crippen LogP contribution < -0.4 is 16.4 Å². The molecule has 2 aromatic rings. The summed E-state index contributed by atoms with van der Waals surface area (Å²) in [7, 11) is 2.16. The van der Waals surface area contributed by atoms with Gasteiger partial charge >= 0.3 is 0 Å². The van der Waals surface area contributed by atoms with Crippen molar-refractivity contribution in [1.82, 2.24) is 19.8 Å². The molecule has 1 saturated carbocycles. The van der Waals surface area contributed by atoms with Gasteiger partial charge in [0.05, 0.1) is 11.8 Å². The number of carbonyl (C=O) groups is 1. The van der Waals surface area contributed by atoms with Crippen LogP contribution >= 0.6 is 0 Å². The zero-order valence-electron chi connectivity index (χ0n) is 20.3. The maximum Gasteiger partial charge on any atom is 0.271 e. The Bertz CT molecular complexity index is 966. The van der Waals surface area contributed by atoms with Gasteiger partial charge in [-0.1, -0.05) is 19.1 Å². The number of aryl methyl sites for hydroxylation is 1. The molecule has 34 heavy (non-hydrogen) atoms. The van der Waals surface area contributed by atoms with Gasteiger partial charge in [0.2, 0.25) is 0 Å². The molecule has 0 spiro atoms. The number of aliphatic hydroxyl groups is 1. The van der Waals surface area contributed by atoms with E-state index in [0.29, 0.717) is 23.8 Å². The molecule has 4 rings (SSSR count). The summed E-state index contributed by atoms with van der Waals surface area (Å²) in [5.74, 6) is 0.418. The van der Waals surface area contributed by atoms with Crippen LogP contribution in [-0.4, -0.2) is 76.2 Å². The van der Waals surface area contributed by atoms with Crippen LogP contribution in [0.4, 0.5) is 17.3 Å². The van der Waals surface area contributed by atoms with E-state index in [4.69, 9.17) is 10.7 Å². The predicted molar refractivity (Wildman–Crippen MR) is 134 cm³/mol. The van der Waals surface area contributed by atoms with Crippen molar-refractivity contribution in [3.05, 3.63) is 41.2 Å². The third-order valence-electron chi connectivity index (χ3n) is 6.79. The molecule has 1 saturated heterocycles. The van der Waals surface area contributed by atoms with Gasteiger partial charge in [0.15, 0.2) is 11.5 Å². The van der Waals surface area contributed by atoms with E-state index in [-0.39, 0.29) is 17.8 Å². The van der Waals surface area contributed by atoms with Gasteiger partial charge in [0.1, 0.15) is 5.82 Å². The molecule has 1 aromatic heterocycles. The monoisotopic (exact) mass is 467 g/mol. The lowest BCUT2D eigenvalue weighted by atomic mass is 9.93. The quantitative estimate of drug-likeness (QED) is 0.467. The SMILES string of the molecule is CCc1nc(C(N)=O)c(Nc2ccc(CN3CCN(C)CC3)cc2)nc1N[C@H]1CC[C@H](O)CC1. The average Bonchev–Trinajstić information content (AvgIpc) is 2.83. The molecule has 1 aromatic carbocycles. The van der Waals surface area contributed by atoms with E-state index in [0.717, 1.165) is 64.1 Å². The third-order valence-corrected chi connectivity index (χ3v) is 6.79. The Balaban J connectivity index is 1.48. The highest BCUT2D eigenvalue weighted by Gasteiger charge is 2.23. The molecule has 1 aliphatic heterocycles. The fraction of sp³-hybridized carbons (Fsp3) is 0.560. The molecule has 9 heteroatoms. The largest absolute Gasteiger partial charge is 0.393 e. The molecule has 0 atom stereocenters. The average molecular weight is 468 g/mol. The smallest absolute Gasteiger partial charge is 0.271 e. The Morgan fingerprint density at radius 1 is 1.06 bits per heavy atom. The second-order valence-electron chi connectivity index (χ2n) is 9.49. The minimum absolute atomic E-state index is 0.142. The van der Waals surface area contributed by atoms with Crippen LogP contribution in [0.3, 0.4) is 0 Å². The van der Waals surface area contributed by atoms with Crippen molar-refractivity contribution in [3.63, 3.8) is 0 Å². The van der Waals surface area contributed by atoms with Crippen molar-refractivity contribution in [2.45, 2.75) is 57.7 Å². The number of benzene rings is 1. The van der Waals surface area contributed by atoms with Crippen molar-refractivity contribution in [2.75, 3.05) is 43.9 Å². The molecular weight excluding hydrogens is 430 g/mol. The first-order valence-electron chi connectivity index (χ1n) is 12.3. The second kappa shape index (κ2) is 11.1. The number of hydrogen-bond donors (Lipinski definition) is 4. The van der Waals surface area contributed by atoms with Gasteiger partial charge in [-0.2, -0.15) is 0 Å². The van der Waals surface area contributed by atoms with E-state index < -0.39 is 5.91 Å². The molecule has 2 fully saturated rings. The lowest BCUT2D eigenvalue weighted by Gasteiger charge is -2.32. The maximum absolute atomic E-state index is 12.1. The number of likely N-dealkylation sites (N-methyl/N-ethyl adjacent to an activating group) is 1. The predicted octanol–water partition coefficient (Wildman–Crippen LogP) is 2.34. The van der Waals surface area contributed by atoms with Crippen LogP contribution in [0.5, 0.6) is 0 Å².